The third kappa shape index (κ3) is 4.84. The van der Waals surface area contributed by atoms with E-state index in [-0.39, 0.29) is 5.91 Å². The number of hydrogen-bond donors (Lipinski definition) is 1. The van der Waals surface area contributed by atoms with Gasteiger partial charge < -0.3 is 10.1 Å². The minimum absolute atomic E-state index is 0.179. The van der Waals surface area contributed by atoms with Crippen LogP contribution in [0.3, 0.4) is 0 Å². The molecule has 1 atom stereocenters. The van der Waals surface area contributed by atoms with E-state index in [2.05, 4.69) is 47.2 Å². The number of anilines is 1. The Morgan fingerprint density at radius 3 is 2.25 bits per heavy atom. The van der Waals surface area contributed by atoms with Crippen molar-refractivity contribution in [3.8, 4) is 5.75 Å². The second-order valence-electron chi connectivity index (χ2n) is 6.45. The van der Waals surface area contributed by atoms with Gasteiger partial charge in [-0.1, -0.05) is 41.9 Å². The van der Waals surface area contributed by atoms with Crippen LogP contribution in [-0.4, -0.2) is 11.5 Å². The molecule has 0 aliphatic carbocycles. The molecule has 4 heteroatoms. The molecule has 1 N–H and O–H groups in total. The number of rotatable bonds is 6. The summed E-state index contributed by atoms with van der Waals surface area (Å²) in [6, 6.07) is 15.4. The van der Waals surface area contributed by atoms with Gasteiger partial charge >= 0.3 is 0 Å². The van der Waals surface area contributed by atoms with E-state index in [1.807, 2.05) is 36.4 Å². The molecule has 0 radical (unpaired) electrons. The number of carbonyl (C=O) groups is 1. The Morgan fingerprint density at radius 2 is 1.71 bits per heavy atom. The molecule has 0 aliphatic heterocycles. The zero-order valence-electron chi connectivity index (χ0n) is 14.6. The molecule has 2 aromatic carbocycles. The molecule has 0 spiro atoms. The number of carbonyl (C=O) groups excluding carboxylic acids is 1. The first-order valence-corrected chi connectivity index (χ1v) is 8.97. The normalized spacial score (nSPS) is 12.5. The van der Waals surface area contributed by atoms with Crippen molar-refractivity contribution in [2.24, 2.45) is 0 Å². The van der Waals surface area contributed by atoms with Gasteiger partial charge in [0.15, 0.2) is 5.60 Å². The summed E-state index contributed by atoms with van der Waals surface area (Å²) in [5.41, 5.74) is 1.09. The summed E-state index contributed by atoms with van der Waals surface area (Å²) in [6.45, 7) is 7.89. The lowest BCUT2D eigenvalue weighted by atomic mass is 9.98. The number of hydrogen-bond acceptors (Lipinski definition) is 2. The van der Waals surface area contributed by atoms with Crippen molar-refractivity contribution in [1.82, 2.24) is 0 Å². The molecule has 3 nitrogen and oxygen atoms in total. The topological polar surface area (TPSA) is 38.3 Å². The zero-order valence-corrected chi connectivity index (χ0v) is 16.2. The summed E-state index contributed by atoms with van der Waals surface area (Å²) < 4.78 is 6.81. The Labute approximate surface area is 152 Å². The van der Waals surface area contributed by atoms with Gasteiger partial charge in [-0.05, 0) is 68.1 Å². The molecule has 0 heterocycles. The van der Waals surface area contributed by atoms with Crippen molar-refractivity contribution in [3.63, 3.8) is 0 Å². The highest BCUT2D eigenvalue weighted by Gasteiger charge is 2.30. The van der Waals surface area contributed by atoms with Gasteiger partial charge in [0.05, 0.1) is 0 Å². The van der Waals surface area contributed by atoms with E-state index in [4.69, 9.17) is 4.74 Å². The predicted octanol–water partition coefficient (Wildman–Crippen LogP) is 5.76. The van der Waals surface area contributed by atoms with Crippen LogP contribution in [0.1, 0.15) is 45.6 Å². The Bertz CT molecular complexity index is 678. The SMILES string of the molecule is CC[C@@H](C)c1ccc(NC(=O)C(C)(C)Oc2ccc(Br)cc2)cc1. The summed E-state index contributed by atoms with van der Waals surface area (Å²) in [6.07, 6.45) is 1.10. The number of amides is 1. The average molecular weight is 390 g/mol. The highest BCUT2D eigenvalue weighted by molar-refractivity contribution is 9.10. The summed E-state index contributed by atoms with van der Waals surface area (Å²) in [5, 5.41) is 2.92. The molecule has 1 amide bonds. The van der Waals surface area contributed by atoms with Crippen molar-refractivity contribution >= 4 is 27.5 Å². The highest BCUT2D eigenvalue weighted by Crippen LogP contribution is 2.24. The van der Waals surface area contributed by atoms with Crippen LogP contribution in [0.15, 0.2) is 53.0 Å². The minimum atomic E-state index is -0.969. The quantitative estimate of drug-likeness (QED) is 0.681. The third-order valence-corrected chi connectivity index (χ3v) is 4.61. The van der Waals surface area contributed by atoms with Crippen LogP contribution in [0.5, 0.6) is 5.75 Å². The molecule has 24 heavy (non-hydrogen) atoms. The zero-order chi connectivity index (χ0) is 17.7. The fourth-order valence-corrected chi connectivity index (χ4v) is 2.52. The minimum Gasteiger partial charge on any atom is -0.478 e. The monoisotopic (exact) mass is 389 g/mol. The molecular weight excluding hydrogens is 366 g/mol. The molecule has 128 valence electrons. The Hall–Kier alpha value is -1.81. The van der Waals surface area contributed by atoms with E-state index in [1.165, 1.54) is 5.56 Å². The van der Waals surface area contributed by atoms with Gasteiger partial charge in [0.25, 0.3) is 5.91 Å². The van der Waals surface area contributed by atoms with Gasteiger partial charge in [0.1, 0.15) is 5.75 Å². The first-order valence-electron chi connectivity index (χ1n) is 8.18. The van der Waals surface area contributed by atoms with Crippen molar-refractivity contribution in [3.05, 3.63) is 58.6 Å². The molecule has 2 rings (SSSR count). The fraction of sp³-hybridized carbons (Fsp3) is 0.350. The third-order valence-electron chi connectivity index (χ3n) is 4.08. The van der Waals surface area contributed by atoms with E-state index in [9.17, 15) is 4.79 Å². The number of nitrogens with one attached hydrogen (secondary N) is 1. The van der Waals surface area contributed by atoms with E-state index < -0.39 is 5.60 Å². The molecule has 0 unspecified atom stereocenters. The second-order valence-corrected chi connectivity index (χ2v) is 7.37. The first-order chi connectivity index (χ1) is 11.3. The summed E-state index contributed by atoms with van der Waals surface area (Å²) in [4.78, 5) is 12.5. The van der Waals surface area contributed by atoms with Crippen molar-refractivity contribution in [2.45, 2.75) is 45.6 Å². The lowest BCUT2D eigenvalue weighted by molar-refractivity contribution is -0.128. The maximum Gasteiger partial charge on any atom is 0.267 e. The Kier molecular flexibility index (Phi) is 6.05. The van der Waals surface area contributed by atoms with E-state index in [0.29, 0.717) is 11.7 Å². The summed E-state index contributed by atoms with van der Waals surface area (Å²) in [7, 11) is 0. The van der Waals surface area contributed by atoms with E-state index in [1.54, 1.807) is 13.8 Å². The van der Waals surface area contributed by atoms with Crippen molar-refractivity contribution < 1.29 is 9.53 Å². The van der Waals surface area contributed by atoms with Gasteiger partial charge in [-0.2, -0.15) is 0 Å². The van der Waals surface area contributed by atoms with Gasteiger partial charge in [-0.25, -0.2) is 0 Å². The van der Waals surface area contributed by atoms with E-state index >= 15 is 0 Å². The smallest absolute Gasteiger partial charge is 0.267 e. The molecule has 0 aromatic heterocycles. The van der Waals surface area contributed by atoms with Crippen molar-refractivity contribution in [2.75, 3.05) is 5.32 Å². The maximum absolute atomic E-state index is 12.5. The van der Waals surface area contributed by atoms with Gasteiger partial charge in [-0.15, -0.1) is 0 Å². The standard InChI is InChI=1S/C20H24BrNO2/c1-5-14(2)15-6-10-17(11-7-15)22-19(23)20(3,4)24-18-12-8-16(21)9-13-18/h6-14H,5H2,1-4H3,(H,22,23)/t14-/m1/s1. The molecule has 0 saturated heterocycles. The molecule has 2 aromatic rings. The van der Waals surface area contributed by atoms with Crippen LogP contribution in [0.2, 0.25) is 0 Å². The number of benzene rings is 2. The molecule has 0 aliphatic rings. The van der Waals surface area contributed by atoms with Crippen LogP contribution in [0.25, 0.3) is 0 Å². The first kappa shape index (κ1) is 18.5. The van der Waals surface area contributed by atoms with Crippen molar-refractivity contribution in [1.29, 1.82) is 0 Å². The Morgan fingerprint density at radius 1 is 1.12 bits per heavy atom. The van der Waals surface area contributed by atoms with Crippen LogP contribution in [0.4, 0.5) is 5.69 Å². The average Bonchev–Trinajstić information content (AvgIpc) is 2.56. The number of halogens is 1. The lowest BCUT2D eigenvalue weighted by Crippen LogP contribution is -2.42. The largest absolute Gasteiger partial charge is 0.478 e. The maximum atomic E-state index is 12.5. The highest BCUT2D eigenvalue weighted by atomic mass is 79.9. The van der Waals surface area contributed by atoms with Crippen LogP contribution in [0, 0.1) is 0 Å². The van der Waals surface area contributed by atoms with E-state index in [0.717, 1.165) is 16.6 Å². The van der Waals surface area contributed by atoms with Crippen LogP contribution >= 0.6 is 15.9 Å². The summed E-state index contributed by atoms with van der Waals surface area (Å²) >= 11 is 3.38. The van der Waals surface area contributed by atoms with Gasteiger partial charge in [0, 0.05) is 10.2 Å². The molecule has 0 fully saturated rings. The summed E-state index contributed by atoms with van der Waals surface area (Å²) in [5.74, 6) is 0.999. The number of ether oxygens (including phenoxy) is 1. The Balaban J connectivity index is 2.03. The van der Waals surface area contributed by atoms with Crippen LogP contribution in [-0.2, 0) is 4.79 Å². The second kappa shape index (κ2) is 7.84. The molecular formula is C20H24BrNO2. The van der Waals surface area contributed by atoms with Crippen LogP contribution < -0.4 is 10.1 Å². The van der Waals surface area contributed by atoms with Gasteiger partial charge in [0.2, 0.25) is 0 Å². The van der Waals surface area contributed by atoms with Gasteiger partial charge in [-0.3, -0.25) is 4.79 Å². The molecule has 0 bridgehead atoms. The predicted molar refractivity (Wildman–Crippen MR) is 103 cm³/mol. The lowest BCUT2D eigenvalue weighted by Gasteiger charge is -2.25. The molecule has 0 saturated carbocycles. The fourth-order valence-electron chi connectivity index (χ4n) is 2.26.